The number of anilines is 1. The second kappa shape index (κ2) is 15.6. The number of aryl methyl sites for hydroxylation is 2. The maximum Gasteiger partial charge on any atom is 0.241 e. The Balaban J connectivity index is 1.63. The van der Waals surface area contributed by atoms with Crippen LogP contribution in [-0.2, 0) is 34.2 Å². The van der Waals surface area contributed by atoms with Gasteiger partial charge in [0.05, 0.1) is 22.5 Å². The molecule has 0 radical (unpaired) electrons. The molecule has 4 rings (SSSR count). The lowest BCUT2D eigenvalue weighted by Crippen LogP contribution is -2.40. The first-order valence-corrected chi connectivity index (χ1v) is 17.9. The number of ketones is 1. The Bertz CT molecular complexity index is 1780. The first-order chi connectivity index (χ1) is 22.4. The van der Waals surface area contributed by atoms with E-state index in [0.29, 0.717) is 42.8 Å². The molecule has 2 heterocycles. The number of nitrogens with one attached hydrogen (secondary N) is 1. The summed E-state index contributed by atoms with van der Waals surface area (Å²) in [7, 11) is -3.75. The lowest BCUT2D eigenvalue weighted by Gasteiger charge is -2.22. The van der Waals surface area contributed by atoms with Crippen molar-refractivity contribution >= 4 is 27.4 Å². The Morgan fingerprint density at radius 1 is 0.915 bits per heavy atom. The van der Waals surface area contributed by atoms with Gasteiger partial charge < -0.3 is 9.47 Å². The zero-order chi connectivity index (χ0) is 34.2. The van der Waals surface area contributed by atoms with Crippen LogP contribution in [0.25, 0.3) is 11.1 Å². The van der Waals surface area contributed by atoms with Crippen molar-refractivity contribution in [2.75, 3.05) is 11.4 Å². The van der Waals surface area contributed by atoms with Gasteiger partial charge in [0, 0.05) is 49.7 Å². The number of carbonyl (C=O) groups is 2. The number of carbonyl (C=O) groups excluding carboxylic acids is 2. The molecule has 0 unspecified atom stereocenters. The number of sulfonamides is 1. The first-order valence-electron chi connectivity index (χ1n) is 16.4. The number of hydrogen-bond acceptors (Lipinski definition) is 6. The fourth-order valence-electron chi connectivity index (χ4n) is 5.66. The third kappa shape index (κ3) is 9.02. The predicted octanol–water partition coefficient (Wildman–Crippen LogP) is 6.99. The van der Waals surface area contributed by atoms with Crippen LogP contribution in [0.3, 0.4) is 0 Å². The van der Waals surface area contributed by atoms with Crippen molar-refractivity contribution in [2.45, 2.75) is 97.0 Å². The van der Waals surface area contributed by atoms with Crippen LogP contribution in [0, 0.1) is 0 Å². The molecule has 47 heavy (non-hydrogen) atoms. The molecule has 2 aromatic heterocycles. The average molecular weight is 658 g/mol. The molecule has 2 aromatic carbocycles. The summed E-state index contributed by atoms with van der Waals surface area (Å²) in [5.41, 5.74) is 3.76. The van der Waals surface area contributed by atoms with E-state index in [1.54, 1.807) is 35.5 Å². The largest absolute Gasteiger partial charge is 0.321 e. The van der Waals surface area contributed by atoms with E-state index in [-0.39, 0.29) is 29.6 Å². The van der Waals surface area contributed by atoms with E-state index in [9.17, 15) is 18.0 Å². The SMILES string of the molecule is CCCC(=O)N(CCC(=O)c1c(CC)nc(CCC)n1Cc1ccc(-c2ccccc2S(=O)(=O)NC(C)(C)C)cc1)c1cccnc1. The maximum atomic E-state index is 14.0. The number of benzene rings is 2. The molecule has 0 aliphatic rings. The quantitative estimate of drug-likeness (QED) is 0.138. The van der Waals surface area contributed by atoms with Gasteiger partial charge >= 0.3 is 0 Å². The van der Waals surface area contributed by atoms with Crippen molar-refractivity contribution in [3.63, 3.8) is 0 Å². The van der Waals surface area contributed by atoms with Gasteiger partial charge in [-0.05, 0) is 69.4 Å². The van der Waals surface area contributed by atoms with Crippen LogP contribution in [0.4, 0.5) is 5.69 Å². The van der Waals surface area contributed by atoms with Crippen LogP contribution in [0.1, 0.15) is 94.8 Å². The summed E-state index contributed by atoms with van der Waals surface area (Å²) in [5, 5.41) is 0. The van der Waals surface area contributed by atoms with Gasteiger partial charge in [0.15, 0.2) is 5.78 Å². The molecule has 4 aromatic rings. The molecule has 0 aliphatic carbocycles. The molecule has 1 N–H and O–H groups in total. The molecule has 9 nitrogen and oxygen atoms in total. The van der Waals surface area contributed by atoms with Crippen LogP contribution < -0.4 is 9.62 Å². The molecule has 250 valence electrons. The Morgan fingerprint density at radius 3 is 2.26 bits per heavy atom. The Morgan fingerprint density at radius 2 is 1.64 bits per heavy atom. The van der Waals surface area contributed by atoms with Gasteiger partial charge in [0.2, 0.25) is 15.9 Å². The molecule has 10 heteroatoms. The van der Waals surface area contributed by atoms with Crippen LogP contribution in [0.2, 0.25) is 0 Å². The van der Waals surface area contributed by atoms with Gasteiger partial charge in [-0.2, -0.15) is 0 Å². The minimum atomic E-state index is -3.75. The van der Waals surface area contributed by atoms with E-state index >= 15 is 0 Å². The molecular formula is C37H47N5O4S. The van der Waals surface area contributed by atoms with Gasteiger partial charge in [-0.25, -0.2) is 18.1 Å². The number of rotatable bonds is 15. The molecule has 0 bridgehead atoms. The molecule has 0 aliphatic heterocycles. The fourth-order valence-corrected chi connectivity index (χ4v) is 7.31. The number of nitrogens with zero attached hydrogens (tertiary/aromatic N) is 4. The third-order valence-corrected chi connectivity index (χ3v) is 9.52. The van der Waals surface area contributed by atoms with Crippen molar-refractivity contribution in [1.82, 2.24) is 19.3 Å². The topological polar surface area (TPSA) is 114 Å². The Kier molecular flexibility index (Phi) is 11.9. The van der Waals surface area contributed by atoms with E-state index in [4.69, 9.17) is 4.98 Å². The number of amides is 1. The van der Waals surface area contributed by atoms with E-state index in [1.165, 1.54) is 0 Å². The van der Waals surface area contributed by atoms with Gasteiger partial charge in [0.25, 0.3) is 0 Å². The summed E-state index contributed by atoms with van der Waals surface area (Å²) < 4.78 is 31.3. The lowest BCUT2D eigenvalue weighted by atomic mass is 10.0. The number of pyridine rings is 1. The molecule has 0 saturated heterocycles. The molecule has 0 atom stereocenters. The van der Waals surface area contributed by atoms with Crippen LogP contribution in [0.15, 0.2) is 78.0 Å². The second-order valence-electron chi connectivity index (χ2n) is 12.7. The fraction of sp³-hybridized carbons (Fsp3) is 0.405. The minimum Gasteiger partial charge on any atom is -0.321 e. The van der Waals surface area contributed by atoms with Gasteiger partial charge in [-0.1, -0.05) is 63.2 Å². The summed E-state index contributed by atoms with van der Waals surface area (Å²) in [6.07, 6.45) is 6.78. The van der Waals surface area contributed by atoms with Crippen molar-refractivity contribution in [3.05, 3.63) is 95.8 Å². The Hall–Kier alpha value is -4.15. The first kappa shape index (κ1) is 35.7. The van der Waals surface area contributed by atoms with Crippen molar-refractivity contribution < 1.29 is 18.0 Å². The zero-order valence-electron chi connectivity index (χ0n) is 28.4. The van der Waals surface area contributed by atoms with Crippen molar-refractivity contribution in [2.24, 2.45) is 0 Å². The summed E-state index contributed by atoms with van der Waals surface area (Å²) in [6, 6.07) is 18.4. The summed E-state index contributed by atoms with van der Waals surface area (Å²) in [6.45, 7) is 12.2. The van der Waals surface area contributed by atoms with E-state index in [2.05, 4.69) is 16.6 Å². The molecular weight excluding hydrogens is 611 g/mol. The number of hydrogen-bond donors (Lipinski definition) is 1. The predicted molar refractivity (Wildman–Crippen MR) is 187 cm³/mol. The molecule has 0 saturated carbocycles. The highest BCUT2D eigenvalue weighted by Gasteiger charge is 2.26. The smallest absolute Gasteiger partial charge is 0.241 e. The van der Waals surface area contributed by atoms with Crippen LogP contribution in [0.5, 0.6) is 0 Å². The molecule has 1 amide bonds. The highest BCUT2D eigenvalue weighted by Crippen LogP contribution is 2.29. The monoisotopic (exact) mass is 657 g/mol. The maximum absolute atomic E-state index is 14.0. The van der Waals surface area contributed by atoms with Crippen molar-refractivity contribution in [1.29, 1.82) is 0 Å². The average Bonchev–Trinajstić information content (AvgIpc) is 3.38. The zero-order valence-corrected chi connectivity index (χ0v) is 29.2. The number of aromatic nitrogens is 3. The summed E-state index contributed by atoms with van der Waals surface area (Å²) in [5.74, 6) is 0.762. The summed E-state index contributed by atoms with van der Waals surface area (Å²) >= 11 is 0. The van der Waals surface area contributed by atoms with E-state index in [0.717, 1.165) is 35.5 Å². The van der Waals surface area contributed by atoms with Crippen LogP contribution in [-0.4, -0.2) is 46.7 Å². The van der Waals surface area contributed by atoms with Gasteiger partial charge in [0.1, 0.15) is 11.5 Å². The van der Waals surface area contributed by atoms with Gasteiger partial charge in [-0.3, -0.25) is 14.6 Å². The van der Waals surface area contributed by atoms with E-state index < -0.39 is 15.6 Å². The minimum absolute atomic E-state index is 0.0344. The standard InChI is InChI=1S/C37H47N5O4S/c1-7-13-34-39-31(9-3)36(32(43)22-24-41(35(44)14-8-2)29-15-12-23-38-25-29)42(34)26-27-18-20-28(21-19-27)30-16-10-11-17-33(30)47(45,46)40-37(4,5)6/h10-12,15-21,23,25,40H,7-9,13-14,22,24,26H2,1-6H3. The molecule has 0 fully saturated rings. The summed E-state index contributed by atoms with van der Waals surface area (Å²) in [4.78, 5) is 37.9. The third-order valence-electron chi connectivity index (χ3n) is 7.70. The van der Waals surface area contributed by atoms with Crippen molar-refractivity contribution in [3.8, 4) is 11.1 Å². The second-order valence-corrected chi connectivity index (χ2v) is 14.4. The highest BCUT2D eigenvalue weighted by molar-refractivity contribution is 7.89. The Labute approximate surface area is 279 Å². The van der Waals surface area contributed by atoms with Gasteiger partial charge in [-0.15, -0.1) is 0 Å². The number of imidazole rings is 1. The lowest BCUT2D eigenvalue weighted by molar-refractivity contribution is -0.118. The normalized spacial score (nSPS) is 11.9. The highest BCUT2D eigenvalue weighted by atomic mass is 32.2. The number of Topliss-reactive ketones (excluding diaryl/α,β-unsaturated/α-hetero) is 1. The van der Waals surface area contributed by atoms with E-state index in [1.807, 2.05) is 81.7 Å². The molecule has 0 spiro atoms. The van der Waals surface area contributed by atoms with Crippen LogP contribution >= 0.6 is 0 Å².